The van der Waals surface area contributed by atoms with Crippen LogP contribution in [0.25, 0.3) is 0 Å². The fourth-order valence-corrected chi connectivity index (χ4v) is 1.88. The summed E-state index contributed by atoms with van der Waals surface area (Å²) in [6.07, 6.45) is 1.52. The normalized spacial score (nSPS) is 19.2. The van der Waals surface area contributed by atoms with Crippen LogP contribution in [-0.2, 0) is 9.59 Å². The third-order valence-electron chi connectivity index (χ3n) is 2.96. The van der Waals surface area contributed by atoms with Gasteiger partial charge in [0.25, 0.3) is 0 Å². The van der Waals surface area contributed by atoms with Crippen molar-refractivity contribution in [2.24, 2.45) is 5.92 Å². The van der Waals surface area contributed by atoms with E-state index in [9.17, 15) is 14.4 Å². The highest BCUT2D eigenvalue weighted by atomic mass is 16.4. The second-order valence-corrected chi connectivity index (χ2v) is 4.28. The van der Waals surface area contributed by atoms with Gasteiger partial charge in [0.2, 0.25) is 5.91 Å². The number of carbonyl (C=O) groups is 3. The molecule has 18 heavy (non-hydrogen) atoms. The van der Waals surface area contributed by atoms with Gasteiger partial charge >= 0.3 is 12.0 Å². The lowest BCUT2D eigenvalue weighted by atomic mass is 9.99. The largest absolute Gasteiger partial charge is 0.481 e. The van der Waals surface area contributed by atoms with Crippen molar-refractivity contribution < 1.29 is 19.5 Å². The number of amides is 3. The van der Waals surface area contributed by atoms with E-state index in [0.29, 0.717) is 19.4 Å². The molecule has 1 saturated heterocycles. The van der Waals surface area contributed by atoms with Crippen LogP contribution >= 0.6 is 0 Å². The lowest BCUT2D eigenvalue weighted by molar-refractivity contribution is -0.143. The Labute approximate surface area is 106 Å². The number of hydrogen-bond donors (Lipinski definition) is 3. The maximum Gasteiger partial charge on any atom is 0.317 e. The molecular weight excluding hydrogens is 238 g/mol. The quantitative estimate of drug-likeness (QED) is 0.640. The maximum absolute atomic E-state index is 11.7. The number of nitrogens with zero attached hydrogens (tertiary/aromatic N) is 1. The molecule has 0 aromatic heterocycles. The minimum atomic E-state index is -0.863. The van der Waals surface area contributed by atoms with Gasteiger partial charge in [0.15, 0.2) is 0 Å². The summed E-state index contributed by atoms with van der Waals surface area (Å²) >= 11 is 0. The summed E-state index contributed by atoms with van der Waals surface area (Å²) in [5.41, 5.74) is 0. The average molecular weight is 257 g/mol. The summed E-state index contributed by atoms with van der Waals surface area (Å²) in [6.45, 7) is 1.06. The molecule has 7 heteroatoms. The summed E-state index contributed by atoms with van der Waals surface area (Å²) in [6, 6.07) is -0.301. The third-order valence-corrected chi connectivity index (χ3v) is 2.96. The Morgan fingerprint density at radius 3 is 2.72 bits per heavy atom. The van der Waals surface area contributed by atoms with E-state index in [4.69, 9.17) is 5.11 Å². The first-order valence-corrected chi connectivity index (χ1v) is 6.00. The molecule has 7 nitrogen and oxygen atoms in total. The number of urea groups is 1. The Hall–Kier alpha value is -1.79. The van der Waals surface area contributed by atoms with E-state index in [2.05, 4.69) is 10.6 Å². The molecule has 0 radical (unpaired) electrons. The van der Waals surface area contributed by atoms with E-state index < -0.39 is 11.9 Å². The number of aliphatic carboxylic acids is 1. The van der Waals surface area contributed by atoms with Crippen LogP contribution in [0.4, 0.5) is 4.79 Å². The molecule has 3 amide bonds. The molecule has 0 spiro atoms. The molecule has 0 aliphatic carbocycles. The first-order valence-electron chi connectivity index (χ1n) is 6.00. The minimum Gasteiger partial charge on any atom is -0.481 e. The lowest BCUT2D eigenvalue weighted by Crippen LogP contribution is -2.47. The molecule has 102 valence electrons. The smallest absolute Gasteiger partial charge is 0.317 e. The molecule has 1 atom stereocenters. The second kappa shape index (κ2) is 6.83. The highest BCUT2D eigenvalue weighted by Gasteiger charge is 2.27. The molecule has 0 unspecified atom stereocenters. The topological polar surface area (TPSA) is 98.7 Å². The van der Waals surface area contributed by atoms with Crippen LogP contribution in [0.5, 0.6) is 0 Å². The molecular formula is C11H19N3O4. The van der Waals surface area contributed by atoms with Gasteiger partial charge in [-0.1, -0.05) is 0 Å². The highest BCUT2D eigenvalue weighted by Crippen LogP contribution is 2.16. The van der Waals surface area contributed by atoms with Crippen LogP contribution < -0.4 is 10.6 Å². The predicted molar refractivity (Wildman–Crippen MR) is 64.0 cm³/mol. The molecule has 0 aromatic carbocycles. The van der Waals surface area contributed by atoms with E-state index in [1.165, 1.54) is 11.9 Å². The summed E-state index contributed by atoms with van der Waals surface area (Å²) in [4.78, 5) is 35.0. The zero-order valence-electron chi connectivity index (χ0n) is 10.4. The van der Waals surface area contributed by atoms with Crippen molar-refractivity contribution in [3.05, 3.63) is 0 Å². The molecule has 3 N–H and O–H groups in total. The van der Waals surface area contributed by atoms with Crippen molar-refractivity contribution in [2.75, 3.05) is 26.7 Å². The van der Waals surface area contributed by atoms with Gasteiger partial charge < -0.3 is 20.6 Å². The van der Waals surface area contributed by atoms with Crippen molar-refractivity contribution in [3.8, 4) is 0 Å². The zero-order chi connectivity index (χ0) is 13.5. The van der Waals surface area contributed by atoms with Crippen LogP contribution in [0.3, 0.4) is 0 Å². The molecule has 1 heterocycles. The minimum absolute atomic E-state index is 0.141. The van der Waals surface area contributed by atoms with Crippen LogP contribution in [0.1, 0.15) is 19.3 Å². The summed E-state index contributed by atoms with van der Waals surface area (Å²) in [5.74, 6) is -1.49. The SMILES string of the molecule is CNC(=O)CCNC(=O)N1CCC[C@@H](C(=O)O)C1. The summed E-state index contributed by atoms with van der Waals surface area (Å²) < 4.78 is 0. The van der Waals surface area contributed by atoms with Crippen molar-refractivity contribution in [3.63, 3.8) is 0 Å². The maximum atomic E-state index is 11.7. The number of nitrogens with one attached hydrogen (secondary N) is 2. The Balaban J connectivity index is 2.32. The van der Waals surface area contributed by atoms with Gasteiger partial charge in [-0.15, -0.1) is 0 Å². The van der Waals surface area contributed by atoms with Crippen molar-refractivity contribution in [2.45, 2.75) is 19.3 Å². The van der Waals surface area contributed by atoms with Crippen molar-refractivity contribution in [1.82, 2.24) is 15.5 Å². The summed E-state index contributed by atoms with van der Waals surface area (Å²) in [5, 5.41) is 14.0. The molecule has 1 aliphatic heterocycles. The van der Waals surface area contributed by atoms with Gasteiger partial charge in [0.1, 0.15) is 0 Å². The van der Waals surface area contributed by atoms with E-state index >= 15 is 0 Å². The standard InChI is InChI=1S/C11H19N3O4/c1-12-9(15)4-5-13-11(18)14-6-2-3-8(7-14)10(16)17/h8H,2-7H2,1H3,(H,12,15)(H,13,18)(H,16,17)/t8-/m1/s1. The first kappa shape index (κ1) is 14.3. The number of carbonyl (C=O) groups excluding carboxylic acids is 2. The number of carboxylic acids is 1. The Kier molecular flexibility index (Phi) is 5.41. The van der Waals surface area contributed by atoms with Crippen molar-refractivity contribution >= 4 is 17.9 Å². The van der Waals surface area contributed by atoms with Gasteiger partial charge in [0, 0.05) is 33.1 Å². The van der Waals surface area contributed by atoms with E-state index in [1.807, 2.05) is 0 Å². The molecule has 0 saturated carbocycles. The van der Waals surface area contributed by atoms with Gasteiger partial charge in [-0.2, -0.15) is 0 Å². The van der Waals surface area contributed by atoms with Crippen molar-refractivity contribution in [1.29, 1.82) is 0 Å². The van der Waals surface area contributed by atoms with Gasteiger partial charge in [-0.25, -0.2) is 4.79 Å². The molecule has 0 aromatic rings. The van der Waals surface area contributed by atoms with E-state index in [-0.39, 0.29) is 31.4 Å². The number of piperidine rings is 1. The van der Waals surface area contributed by atoms with Crippen LogP contribution in [0, 0.1) is 5.92 Å². The van der Waals surface area contributed by atoms with Crippen LogP contribution in [0.15, 0.2) is 0 Å². The number of hydrogen-bond acceptors (Lipinski definition) is 3. The fraction of sp³-hybridized carbons (Fsp3) is 0.727. The molecule has 0 bridgehead atoms. The average Bonchev–Trinajstić information content (AvgIpc) is 2.38. The molecule has 1 rings (SSSR count). The lowest BCUT2D eigenvalue weighted by Gasteiger charge is -2.30. The summed E-state index contributed by atoms with van der Waals surface area (Å²) in [7, 11) is 1.53. The van der Waals surface area contributed by atoms with E-state index in [0.717, 1.165) is 0 Å². The monoisotopic (exact) mass is 257 g/mol. The zero-order valence-corrected chi connectivity index (χ0v) is 10.4. The predicted octanol–water partition coefficient (Wildman–Crippen LogP) is -0.371. The second-order valence-electron chi connectivity index (χ2n) is 4.28. The number of likely N-dealkylation sites (tertiary alicyclic amines) is 1. The Morgan fingerprint density at radius 1 is 1.39 bits per heavy atom. The molecule has 1 fully saturated rings. The van der Waals surface area contributed by atoms with Gasteiger partial charge in [-0.3, -0.25) is 9.59 Å². The third kappa shape index (κ3) is 4.23. The van der Waals surface area contributed by atoms with Gasteiger partial charge in [-0.05, 0) is 12.8 Å². The van der Waals surface area contributed by atoms with Gasteiger partial charge in [0.05, 0.1) is 5.92 Å². The van der Waals surface area contributed by atoms with Crippen LogP contribution in [0.2, 0.25) is 0 Å². The Bertz CT molecular complexity index is 332. The highest BCUT2D eigenvalue weighted by molar-refractivity contribution is 5.78. The molecule has 1 aliphatic rings. The first-order chi connectivity index (χ1) is 8.54. The fourth-order valence-electron chi connectivity index (χ4n) is 1.88. The van der Waals surface area contributed by atoms with Crippen LogP contribution in [-0.4, -0.2) is 54.6 Å². The number of rotatable bonds is 4. The van der Waals surface area contributed by atoms with E-state index in [1.54, 1.807) is 0 Å². The number of carboxylic acid groups (broad SMARTS) is 1. The Morgan fingerprint density at radius 2 is 2.11 bits per heavy atom.